The van der Waals surface area contributed by atoms with Crippen molar-refractivity contribution in [2.24, 2.45) is 0 Å². The van der Waals surface area contributed by atoms with Gasteiger partial charge in [0.2, 0.25) is 0 Å². The topological polar surface area (TPSA) is 58.6 Å². The lowest BCUT2D eigenvalue weighted by Gasteiger charge is -2.18. The molecule has 0 radical (unpaired) electrons. The Balaban J connectivity index is 1.90. The quantitative estimate of drug-likeness (QED) is 0.425. The average Bonchev–Trinajstić information content (AvgIpc) is 3.14. The number of rotatable bonds is 9. The SMILES string of the molecule is CCOC(=O)C=C(C)c1ccc(C[C@@H](C)NC[C@H](O)c2cccc(C(F)(F)F)c2)s1. The Morgan fingerprint density at radius 1 is 1.30 bits per heavy atom. The molecule has 0 spiro atoms. The third kappa shape index (κ3) is 7.27. The number of benzene rings is 1. The van der Waals surface area contributed by atoms with Crippen molar-refractivity contribution in [1.82, 2.24) is 5.32 Å². The van der Waals surface area contributed by atoms with Crippen LogP contribution in [-0.4, -0.2) is 30.3 Å². The van der Waals surface area contributed by atoms with Gasteiger partial charge in [-0.05, 0) is 62.6 Å². The van der Waals surface area contributed by atoms with Crippen LogP contribution in [0.3, 0.4) is 0 Å². The number of allylic oxidation sites excluding steroid dienone is 1. The normalized spacial score (nSPS) is 14.4. The van der Waals surface area contributed by atoms with E-state index in [1.165, 1.54) is 18.2 Å². The molecule has 2 N–H and O–H groups in total. The molecule has 0 amide bonds. The molecule has 164 valence electrons. The number of carbonyl (C=O) groups excluding carboxylic acids is 1. The molecule has 0 aliphatic rings. The van der Waals surface area contributed by atoms with Crippen LogP contribution in [0.5, 0.6) is 0 Å². The van der Waals surface area contributed by atoms with Crippen molar-refractivity contribution in [1.29, 1.82) is 0 Å². The molecule has 4 nitrogen and oxygen atoms in total. The molecule has 30 heavy (non-hydrogen) atoms. The summed E-state index contributed by atoms with van der Waals surface area (Å²) in [6.45, 7) is 6.01. The first-order chi connectivity index (χ1) is 14.1. The molecule has 1 heterocycles. The molecule has 0 unspecified atom stereocenters. The molecular weight excluding hydrogens is 415 g/mol. The van der Waals surface area contributed by atoms with Gasteiger partial charge in [0.15, 0.2) is 0 Å². The molecule has 0 aliphatic carbocycles. The fourth-order valence-corrected chi connectivity index (χ4v) is 3.97. The standard InChI is InChI=1S/C22H26F3NO3S/c1-4-29-21(28)10-14(2)20-9-8-18(30-20)11-15(3)26-13-19(27)16-6-5-7-17(12-16)22(23,24)25/h5-10,12,15,19,26-27H,4,11,13H2,1-3H3/t15-,19+/m1/s1. The summed E-state index contributed by atoms with van der Waals surface area (Å²) in [7, 11) is 0. The van der Waals surface area contributed by atoms with Crippen LogP contribution in [0.2, 0.25) is 0 Å². The number of thiophene rings is 1. The zero-order chi connectivity index (χ0) is 22.3. The van der Waals surface area contributed by atoms with Gasteiger partial charge in [-0.25, -0.2) is 4.79 Å². The molecule has 0 fully saturated rings. The van der Waals surface area contributed by atoms with Gasteiger partial charge in [-0.3, -0.25) is 0 Å². The minimum atomic E-state index is -4.44. The summed E-state index contributed by atoms with van der Waals surface area (Å²) in [4.78, 5) is 13.6. The summed E-state index contributed by atoms with van der Waals surface area (Å²) in [5.41, 5.74) is 0.275. The van der Waals surface area contributed by atoms with E-state index in [-0.39, 0.29) is 24.1 Å². The van der Waals surface area contributed by atoms with Crippen LogP contribution in [0.4, 0.5) is 13.2 Å². The van der Waals surface area contributed by atoms with Gasteiger partial charge in [-0.15, -0.1) is 11.3 Å². The van der Waals surface area contributed by atoms with Gasteiger partial charge in [0.1, 0.15) is 0 Å². The Labute approximate surface area is 178 Å². The van der Waals surface area contributed by atoms with Crippen molar-refractivity contribution in [3.05, 3.63) is 63.4 Å². The van der Waals surface area contributed by atoms with E-state index in [1.54, 1.807) is 18.3 Å². The minimum Gasteiger partial charge on any atom is -0.463 e. The molecule has 0 bridgehead atoms. The molecule has 0 aliphatic heterocycles. The first kappa shape index (κ1) is 24.1. The number of aliphatic hydroxyl groups is 1. The van der Waals surface area contributed by atoms with E-state index >= 15 is 0 Å². The van der Waals surface area contributed by atoms with Crippen molar-refractivity contribution < 1.29 is 27.8 Å². The van der Waals surface area contributed by atoms with Gasteiger partial charge in [-0.1, -0.05) is 12.1 Å². The highest BCUT2D eigenvalue weighted by Gasteiger charge is 2.30. The van der Waals surface area contributed by atoms with E-state index in [1.807, 2.05) is 26.0 Å². The lowest BCUT2D eigenvalue weighted by Crippen LogP contribution is -2.31. The van der Waals surface area contributed by atoms with Crippen molar-refractivity contribution in [3.63, 3.8) is 0 Å². The number of esters is 1. The summed E-state index contributed by atoms with van der Waals surface area (Å²) in [5.74, 6) is -0.372. The second kappa shape index (κ2) is 10.7. The third-order valence-corrected chi connectivity index (χ3v) is 5.68. The van der Waals surface area contributed by atoms with Crippen molar-refractivity contribution in [3.8, 4) is 0 Å². The fourth-order valence-electron chi connectivity index (χ4n) is 2.86. The number of aliphatic hydroxyl groups excluding tert-OH is 1. The first-order valence-corrected chi connectivity index (χ1v) is 10.4. The molecule has 0 saturated heterocycles. The smallest absolute Gasteiger partial charge is 0.416 e. The first-order valence-electron chi connectivity index (χ1n) is 9.63. The van der Waals surface area contributed by atoms with Gasteiger partial charge in [0, 0.05) is 28.4 Å². The number of hydrogen-bond acceptors (Lipinski definition) is 5. The molecule has 2 rings (SSSR count). The summed E-state index contributed by atoms with van der Waals surface area (Å²) in [5, 5.41) is 13.4. The summed E-state index contributed by atoms with van der Waals surface area (Å²) >= 11 is 1.56. The predicted octanol–water partition coefficient (Wildman–Crippen LogP) is 4.99. The Bertz CT molecular complexity index is 877. The van der Waals surface area contributed by atoms with Gasteiger partial charge in [0.05, 0.1) is 18.3 Å². The maximum Gasteiger partial charge on any atom is 0.416 e. The second-order valence-electron chi connectivity index (χ2n) is 7.00. The Morgan fingerprint density at radius 2 is 2.03 bits per heavy atom. The van der Waals surface area contributed by atoms with Crippen LogP contribution in [0.15, 0.2) is 42.5 Å². The number of halogens is 3. The molecular formula is C22H26F3NO3S. The zero-order valence-electron chi connectivity index (χ0n) is 17.1. The number of carbonyl (C=O) groups is 1. The second-order valence-corrected chi connectivity index (χ2v) is 8.17. The monoisotopic (exact) mass is 441 g/mol. The average molecular weight is 442 g/mol. The van der Waals surface area contributed by atoms with Gasteiger partial charge in [-0.2, -0.15) is 13.2 Å². The molecule has 2 aromatic rings. The number of ether oxygens (including phenoxy) is 1. The van der Waals surface area contributed by atoms with Crippen LogP contribution in [0, 0.1) is 0 Å². The predicted molar refractivity (Wildman–Crippen MR) is 112 cm³/mol. The van der Waals surface area contributed by atoms with Crippen LogP contribution in [0.1, 0.15) is 47.8 Å². The molecule has 1 aromatic carbocycles. The maximum atomic E-state index is 12.8. The van der Waals surface area contributed by atoms with Gasteiger partial charge in [0.25, 0.3) is 0 Å². The zero-order valence-corrected chi connectivity index (χ0v) is 17.9. The fraction of sp³-hybridized carbons (Fsp3) is 0.409. The van der Waals surface area contributed by atoms with Crippen molar-refractivity contribution >= 4 is 22.9 Å². The van der Waals surface area contributed by atoms with Crippen LogP contribution in [-0.2, 0) is 22.1 Å². The molecule has 1 aromatic heterocycles. The minimum absolute atomic E-state index is 0.00583. The lowest BCUT2D eigenvalue weighted by atomic mass is 10.1. The van der Waals surface area contributed by atoms with E-state index in [9.17, 15) is 23.1 Å². The van der Waals surface area contributed by atoms with E-state index in [0.717, 1.165) is 27.5 Å². The summed E-state index contributed by atoms with van der Waals surface area (Å²) < 4.78 is 43.4. The van der Waals surface area contributed by atoms with Gasteiger partial charge < -0.3 is 15.2 Å². The van der Waals surface area contributed by atoms with Crippen molar-refractivity contribution in [2.75, 3.05) is 13.2 Å². The summed E-state index contributed by atoms with van der Waals surface area (Å²) in [6, 6.07) is 8.66. The van der Waals surface area contributed by atoms with Crippen molar-refractivity contribution in [2.45, 2.75) is 45.5 Å². The lowest BCUT2D eigenvalue weighted by molar-refractivity contribution is -0.138. The van der Waals surface area contributed by atoms with Gasteiger partial charge >= 0.3 is 12.1 Å². The third-order valence-electron chi connectivity index (χ3n) is 4.44. The largest absolute Gasteiger partial charge is 0.463 e. The Kier molecular flexibility index (Phi) is 8.64. The van der Waals surface area contributed by atoms with Crippen LogP contribution >= 0.6 is 11.3 Å². The highest BCUT2D eigenvalue weighted by molar-refractivity contribution is 7.13. The molecule has 2 atom stereocenters. The number of nitrogens with one attached hydrogen (secondary N) is 1. The van der Waals surface area contributed by atoms with E-state index in [2.05, 4.69) is 5.32 Å². The van der Waals surface area contributed by atoms with Crippen LogP contribution in [0.25, 0.3) is 5.57 Å². The van der Waals surface area contributed by atoms with Crippen LogP contribution < -0.4 is 5.32 Å². The van der Waals surface area contributed by atoms with E-state index < -0.39 is 17.8 Å². The number of alkyl halides is 3. The maximum absolute atomic E-state index is 12.8. The molecule has 8 heteroatoms. The van der Waals surface area contributed by atoms with E-state index in [0.29, 0.717) is 13.0 Å². The Morgan fingerprint density at radius 3 is 2.70 bits per heavy atom. The highest BCUT2D eigenvalue weighted by Crippen LogP contribution is 2.30. The highest BCUT2D eigenvalue weighted by atomic mass is 32.1. The Hall–Kier alpha value is -2.16. The number of hydrogen-bond donors (Lipinski definition) is 2. The molecule has 0 saturated carbocycles. The van der Waals surface area contributed by atoms with E-state index in [4.69, 9.17) is 4.74 Å². The summed E-state index contributed by atoms with van der Waals surface area (Å²) in [6.07, 6.45) is -3.32.